The molecule has 2 amide bonds. The first-order valence-corrected chi connectivity index (χ1v) is 10.2. The van der Waals surface area contributed by atoms with E-state index >= 15 is 0 Å². The number of carbonyl (C=O) groups is 3. The van der Waals surface area contributed by atoms with Gasteiger partial charge in [-0.25, -0.2) is 4.39 Å². The van der Waals surface area contributed by atoms with Gasteiger partial charge in [-0.3, -0.25) is 14.4 Å². The standard InChI is InChI=1S/C25H21FN2O4/c26-19-10-6-17(7-11-19)25(31)18-8-12-22(13-9-18)32-16-23(29)27-20-3-1-4-21(15-20)28-14-2-5-24(28)30/h1,3-4,6-13,15H,2,5,14,16H2,(H,27,29). The van der Waals surface area contributed by atoms with Crippen LogP contribution >= 0.6 is 0 Å². The lowest BCUT2D eigenvalue weighted by molar-refractivity contribution is -0.118. The van der Waals surface area contributed by atoms with Crippen molar-refractivity contribution >= 4 is 29.0 Å². The number of hydrogen-bond acceptors (Lipinski definition) is 4. The van der Waals surface area contributed by atoms with Crippen LogP contribution in [0.2, 0.25) is 0 Å². The van der Waals surface area contributed by atoms with E-state index in [9.17, 15) is 18.8 Å². The van der Waals surface area contributed by atoms with Gasteiger partial charge in [0.15, 0.2) is 12.4 Å². The summed E-state index contributed by atoms with van der Waals surface area (Å²) in [5.41, 5.74) is 2.16. The summed E-state index contributed by atoms with van der Waals surface area (Å²) in [6.45, 7) is 0.469. The molecule has 0 bridgehead atoms. The number of rotatable bonds is 7. The van der Waals surface area contributed by atoms with Crippen LogP contribution in [0.15, 0.2) is 72.8 Å². The van der Waals surface area contributed by atoms with Crippen LogP contribution in [0, 0.1) is 5.82 Å². The van der Waals surface area contributed by atoms with E-state index in [1.165, 1.54) is 24.3 Å². The molecule has 162 valence electrons. The highest BCUT2D eigenvalue weighted by molar-refractivity contribution is 6.09. The molecule has 1 saturated heterocycles. The van der Waals surface area contributed by atoms with Crippen LogP contribution < -0.4 is 15.0 Å². The fourth-order valence-electron chi connectivity index (χ4n) is 3.49. The SMILES string of the molecule is O=C(COc1ccc(C(=O)c2ccc(F)cc2)cc1)Nc1cccc(N2CCCC2=O)c1. The van der Waals surface area contributed by atoms with Crippen molar-refractivity contribution in [3.8, 4) is 5.75 Å². The van der Waals surface area contributed by atoms with Crippen molar-refractivity contribution < 1.29 is 23.5 Å². The second-order valence-corrected chi connectivity index (χ2v) is 7.40. The molecule has 1 heterocycles. The van der Waals surface area contributed by atoms with E-state index in [1.807, 2.05) is 6.07 Å². The molecule has 3 aromatic rings. The Kier molecular flexibility index (Phi) is 6.26. The zero-order chi connectivity index (χ0) is 22.5. The number of ether oxygens (including phenoxy) is 1. The van der Waals surface area contributed by atoms with Gasteiger partial charge in [-0.1, -0.05) is 6.07 Å². The molecule has 0 atom stereocenters. The molecule has 1 fully saturated rings. The molecule has 6 nitrogen and oxygen atoms in total. The molecule has 0 aromatic heterocycles. The molecule has 1 N–H and O–H groups in total. The summed E-state index contributed by atoms with van der Waals surface area (Å²) in [5.74, 6) is -0.461. The summed E-state index contributed by atoms with van der Waals surface area (Å²) in [7, 11) is 0. The third-order valence-electron chi connectivity index (χ3n) is 5.11. The Morgan fingerprint density at radius 1 is 0.969 bits per heavy atom. The Morgan fingerprint density at radius 3 is 2.31 bits per heavy atom. The van der Waals surface area contributed by atoms with E-state index in [4.69, 9.17) is 4.74 Å². The normalized spacial score (nSPS) is 13.2. The summed E-state index contributed by atoms with van der Waals surface area (Å²) in [6, 6.07) is 18.9. The molecule has 0 saturated carbocycles. The molecule has 0 radical (unpaired) electrons. The van der Waals surface area contributed by atoms with Gasteiger partial charge in [0.2, 0.25) is 5.91 Å². The number of nitrogens with zero attached hydrogens (tertiary/aromatic N) is 1. The Morgan fingerprint density at radius 2 is 1.66 bits per heavy atom. The Bertz CT molecular complexity index is 1140. The topological polar surface area (TPSA) is 75.7 Å². The van der Waals surface area contributed by atoms with Crippen molar-refractivity contribution in [1.82, 2.24) is 0 Å². The average molecular weight is 432 g/mol. The molecule has 7 heteroatoms. The third-order valence-corrected chi connectivity index (χ3v) is 5.11. The lowest BCUT2D eigenvalue weighted by Crippen LogP contribution is -2.24. The van der Waals surface area contributed by atoms with Crippen molar-refractivity contribution in [1.29, 1.82) is 0 Å². The van der Waals surface area contributed by atoms with Crippen molar-refractivity contribution in [2.45, 2.75) is 12.8 Å². The summed E-state index contributed by atoms with van der Waals surface area (Å²) >= 11 is 0. The monoisotopic (exact) mass is 432 g/mol. The maximum absolute atomic E-state index is 13.0. The zero-order valence-electron chi connectivity index (χ0n) is 17.2. The van der Waals surface area contributed by atoms with Gasteiger partial charge >= 0.3 is 0 Å². The van der Waals surface area contributed by atoms with Crippen LogP contribution in [-0.4, -0.2) is 30.7 Å². The number of benzene rings is 3. The summed E-state index contributed by atoms with van der Waals surface area (Å²) < 4.78 is 18.5. The Balaban J connectivity index is 1.32. The lowest BCUT2D eigenvalue weighted by Gasteiger charge is -2.16. The summed E-state index contributed by atoms with van der Waals surface area (Å²) in [6.07, 6.45) is 1.37. The highest BCUT2D eigenvalue weighted by atomic mass is 19.1. The highest BCUT2D eigenvalue weighted by Crippen LogP contribution is 2.24. The van der Waals surface area contributed by atoms with Crippen LogP contribution in [0.3, 0.4) is 0 Å². The highest BCUT2D eigenvalue weighted by Gasteiger charge is 2.21. The van der Waals surface area contributed by atoms with E-state index in [0.29, 0.717) is 35.5 Å². The van der Waals surface area contributed by atoms with Crippen LogP contribution in [0.25, 0.3) is 0 Å². The number of nitrogens with one attached hydrogen (secondary N) is 1. The lowest BCUT2D eigenvalue weighted by atomic mass is 10.0. The van der Waals surface area contributed by atoms with Crippen LogP contribution in [-0.2, 0) is 9.59 Å². The first-order chi connectivity index (χ1) is 15.5. The van der Waals surface area contributed by atoms with Crippen molar-refractivity contribution in [3.05, 3.63) is 89.7 Å². The van der Waals surface area contributed by atoms with Crippen molar-refractivity contribution in [2.75, 3.05) is 23.4 Å². The number of carbonyl (C=O) groups excluding carboxylic acids is 3. The molecule has 32 heavy (non-hydrogen) atoms. The molecule has 1 aliphatic rings. The zero-order valence-corrected chi connectivity index (χ0v) is 17.2. The molecule has 0 unspecified atom stereocenters. The maximum Gasteiger partial charge on any atom is 0.262 e. The largest absolute Gasteiger partial charge is 0.484 e. The van der Waals surface area contributed by atoms with Gasteiger partial charge in [0, 0.05) is 35.5 Å². The molecule has 4 rings (SSSR count). The number of amides is 2. The van der Waals surface area contributed by atoms with E-state index in [2.05, 4.69) is 5.32 Å². The Hall–Kier alpha value is -4.00. The molecule has 0 aliphatic carbocycles. The molecule has 1 aliphatic heterocycles. The van der Waals surface area contributed by atoms with E-state index < -0.39 is 5.82 Å². The maximum atomic E-state index is 13.0. The third kappa shape index (κ3) is 5.00. The van der Waals surface area contributed by atoms with Gasteiger partial charge in [0.1, 0.15) is 11.6 Å². The fraction of sp³-hybridized carbons (Fsp3) is 0.160. The first-order valence-electron chi connectivity index (χ1n) is 10.2. The second kappa shape index (κ2) is 9.43. The predicted molar refractivity (Wildman–Crippen MR) is 118 cm³/mol. The molecule has 3 aromatic carbocycles. The quantitative estimate of drug-likeness (QED) is 0.568. The van der Waals surface area contributed by atoms with Crippen LogP contribution in [0.4, 0.5) is 15.8 Å². The van der Waals surface area contributed by atoms with Gasteiger partial charge in [0.25, 0.3) is 5.91 Å². The van der Waals surface area contributed by atoms with Crippen LogP contribution in [0.5, 0.6) is 5.75 Å². The minimum absolute atomic E-state index is 0.0816. The molecule has 0 spiro atoms. The fourth-order valence-corrected chi connectivity index (χ4v) is 3.49. The number of ketones is 1. The van der Waals surface area contributed by atoms with E-state index in [-0.39, 0.29) is 24.2 Å². The average Bonchev–Trinajstić information content (AvgIpc) is 3.24. The molecular formula is C25H21FN2O4. The number of anilines is 2. The van der Waals surface area contributed by atoms with Gasteiger partial charge < -0.3 is 15.0 Å². The summed E-state index contributed by atoms with van der Waals surface area (Å²) in [4.78, 5) is 38.3. The smallest absolute Gasteiger partial charge is 0.262 e. The first kappa shape index (κ1) is 21.2. The number of hydrogen-bond donors (Lipinski definition) is 1. The van der Waals surface area contributed by atoms with E-state index in [1.54, 1.807) is 47.4 Å². The predicted octanol–water partition coefficient (Wildman–Crippen LogP) is 4.20. The van der Waals surface area contributed by atoms with Gasteiger partial charge in [0.05, 0.1) is 0 Å². The minimum Gasteiger partial charge on any atom is -0.484 e. The van der Waals surface area contributed by atoms with Crippen molar-refractivity contribution in [3.63, 3.8) is 0 Å². The van der Waals surface area contributed by atoms with Gasteiger partial charge in [-0.05, 0) is 73.2 Å². The van der Waals surface area contributed by atoms with Crippen LogP contribution in [0.1, 0.15) is 28.8 Å². The van der Waals surface area contributed by atoms with Gasteiger partial charge in [-0.15, -0.1) is 0 Å². The van der Waals surface area contributed by atoms with Crippen molar-refractivity contribution in [2.24, 2.45) is 0 Å². The summed E-state index contributed by atoms with van der Waals surface area (Å²) in [5, 5.41) is 2.76. The number of halogens is 1. The second-order valence-electron chi connectivity index (χ2n) is 7.40. The minimum atomic E-state index is -0.403. The molecular weight excluding hydrogens is 411 g/mol. The van der Waals surface area contributed by atoms with Gasteiger partial charge in [-0.2, -0.15) is 0 Å². The van der Waals surface area contributed by atoms with E-state index in [0.717, 1.165) is 12.1 Å². The Labute approximate surface area is 184 Å².